The van der Waals surface area contributed by atoms with Crippen molar-refractivity contribution in [1.29, 1.82) is 0 Å². The highest BCUT2D eigenvalue weighted by Crippen LogP contribution is 2.33. The normalized spacial score (nSPS) is 20.4. The molecule has 1 saturated heterocycles. The van der Waals surface area contributed by atoms with E-state index in [0.29, 0.717) is 6.42 Å². The summed E-state index contributed by atoms with van der Waals surface area (Å²) < 4.78 is 36.6. The van der Waals surface area contributed by atoms with Crippen molar-refractivity contribution in [1.82, 2.24) is 15.5 Å². The fraction of sp³-hybridized carbons (Fsp3) is 0.688. The van der Waals surface area contributed by atoms with Gasteiger partial charge in [-0.05, 0) is 25.2 Å². The van der Waals surface area contributed by atoms with Gasteiger partial charge in [0.2, 0.25) is 17.6 Å². The molecule has 0 radical (unpaired) electrons. The standard InChI is InChI=1S/C16H21F3N4O5/c17-16(18,19)15(28)21-7-11(24)23-5-1-2-10(23)14(27)22-9(6-8-3-4-8)12(25)13(20)26/h8-10H,1-7H2,(H2,20,26)(H,21,28)(H,22,27)/t9?,10-/m0/s1. The highest BCUT2D eigenvalue weighted by molar-refractivity contribution is 6.37. The summed E-state index contributed by atoms with van der Waals surface area (Å²) in [5.74, 6) is -5.71. The molecule has 0 aromatic heterocycles. The number of halogens is 3. The first-order valence-electron chi connectivity index (χ1n) is 8.79. The van der Waals surface area contributed by atoms with Crippen LogP contribution < -0.4 is 16.4 Å². The average Bonchev–Trinajstić information content (AvgIpc) is 3.28. The Hall–Kier alpha value is -2.66. The van der Waals surface area contributed by atoms with E-state index in [0.717, 1.165) is 17.7 Å². The quantitative estimate of drug-likeness (QED) is 0.444. The number of rotatable bonds is 8. The molecule has 28 heavy (non-hydrogen) atoms. The van der Waals surface area contributed by atoms with E-state index in [-0.39, 0.29) is 25.3 Å². The lowest BCUT2D eigenvalue weighted by atomic mass is 10.0. The van der Waals surface area contributed by atoms with Gasteiger partial charge in [-0.3, -0.25) is 24.0 Å². The smallest absolute Gasteiger partial charge is 0.363 e. The van der Waals surface area contributed by atoms with Crippen LogP contribution in [0.4, 0.5) is 13.2 Å². The molecule has 2 atom stereocenters. The van der Waals surface area contributed by atoms with Gasteiger partial charge in [-0.2, -0.15) is 13.2 Å². The molecule has 0 bridgehead atoms. The predicted molar refractivity (Wildman–Crippen MR) is 87.3 cm³/mol. The zero-order valence-corrected chi connectivity index (χ0v) is 14.9. The Morgan fingerprint density at radius 1 is 1.11 bits per heavy atom. The first-order valence-corrected chi connectivity index (χ1v) is 8.79. The number of nitrogens with two attached hydrogens (primary N) is 1. The van der Waals surface area contributed by atoms with E-state index in [1.807, 2.05) is 0 Å². The van der Waals surface area contributed by atoms with Gasteiger partial charge >= 0.3 is 12.1 Å². The number of nitrogens with one attached hydrogen (secondary N) is 2. The number of hydrogen-bond acceptors (Lipinski definition) is 5. The number of primary amides is 1. The predicted octanol–water partition coefficient (Wildman–Crippen LogP) is -1.00. The molecule has 4 N–H and O–H groups in total. The van der Waals surface area contributed by atoms with Crippen LogP contribution >= 0.6 is 0 Å². The Morgan fingerprint density at radius 2 is 1.75 bits per heavy atom. The van der Waals surface area contributed by atoms with Crippen LogP contribution in [-0.4, -0.2) is 65.7 Å². The molecule has 12 heteroatoms. The van der Waals surface area contributed by atoms with Crippen molar-refractivity contribution in [3.8, 4) is 0 Å². The lowest BCUT2D eigenvalue weighted by molar-refractivity contribution is -0.174. The lowest BCUT2D eigenvalue weighted by Gasteiger charge is -2.26. The molecule has 156 valence electrons. The minimum absolute atomic E-state index is 0.121. The van der Waals surface area contributed by atoms with Crippen LogP contribution in [0, 0.1) is 5.92 Å². The fourth-order valence-electron chi connectivity index (χ4n) is 3.05. The first kappa shape index (κ1) is 21.6. The number of carbonyl (C=O) groups excluding carboxylic acids is 5. The summed E-state index contributed by atoms with van der Waals surface area (Å²) in [4.78, 5) is 59.6. The number of carbonyl (C=O) groups is 5. The molecule has 1 unspecified atom stereocenters. The van der Waals surface area contributed by atoms with Gasteiger partial charge in [-0.1, -0.05) is 12.8 Å². The van der Waals surface area contributed by atoms with E-state index >= 15 is 0 Å². The maximum absolute atomic E-state index is 12.5. The van der Waals surface area contributed by atoms with E-state index in [9.17, 15) is 37.1 Å². The number of Topliss-reactive ketones (excluding diaryl/α,β-unsaturated/α-hetero) is 1. The summed E-state index contributed by atoms with van der Waals surface area (Å²) in [6, 6.07) is -2.10. The molecule has 0 spiro atoms. The van der Waals surface area contributed by atoms with Crippen molar-refractivity contribution in [2.75, 3.05) is 13.1 Å². The molecule has 0 aromatic carbocycles. The molecule has 2 rings (SSSR count). The molecular weight excluding hydrogens is 385 g/mol. The monoisotopic (exact) mass is 406 g/mol. The van der Waals surface area contributed by atoms with Crippen molar-refractivity contribution in [2.24, 2.45) is 11.7 Å². The Bertz CT molecular complexity index is 678. The molecule has 2 fully saturated rings. The largest absolute Gasteiger partial charge is 0.471 e. The summed E-state index contributed by atoms with van der Waals surface area (Å²) in [6.07, 6.45) is -2.46. The van der Waals surface area contributed by atoms with Gasteiger partial charge in [-0.25, -0.2) is 0 Å². The highest BCUT2D eigenvalue weighted by atomic mass is 19.4. The van der Waals surface area contributed by atoms with Crippen LogP contribution in [0.3, 0.4) is 0 Å². The maximum atomic E-state index is 12.5. The number of ketones is 1. The Kier molecular flexibility index (Phi) is 6.62. The van der Waals surface area contributed by atoms with Crippen molar-refractivity contribution in [3.05, 3.63) is 0 Å². The van der Waals surface area contributed by atoms with Gasteiger partial charge in [0.1, 0.15) is 6.04 Å². The molecule has 0 aromatic rings. The Balaban J connectivity index is 1.96. The van der Waals surface area contributed by atoms with Crippen LogP contribution in [0.15, 0.2) is 0 Å². The molecule has 1 heterocycles. The molecule has 1 aliphatic carbocycles. The second-order valence-electron chi connectivity index (χ2n) is 6.89. The summed E-state index contributed by atoms with van der Waals surface area (Å²) in [6.45, 7) is -0.788. The molecule has 4 amide bonds. The average molecular weight is 406 g/mol. The SMILES string of the molecule is NC(=O)C(=O)C(CC1CC1)NC(=O)[C@@H]1CCCN1C(=O)CNC(=O)C(F)(F)F. The third-order valence-electron chi connectivity index (χ3n) is 4.68. The van der Waals surface area contributed by atoms with Crippen molar-refractivity contribution < 1.29 is 37.1 Å². The number of hydrogen-bond donors (Lipinski definition) is 3. The van der Waals surface area contributed by atoms with Gasteiger partial charge in [0.25, 0.3) is 5.91 Å². The summed E-state index contributed by atoms with van der Waals surface area (Å²) >= 11 is 0. The van der Waals surface area contributed by atoms with Crippen LogP contribution in [-0.2, 0) is 24.0 Å². The van der Waals surface area contributed by atoms with Gasteiger partial charge in [0.05, 0.1) is 12.6 Å². The number of alkyl halides is 3. The zero-order chi connectivity index (χ0) is 21.1. The number of likely N-dealkylation sites (tertiary alicyclic amines) is 1. The number of nitrogens with zero attached hydrogens (tertiary/aromatic N) is 1. The van der Waals surface area contributed by atoms with Crippen molar-refractivity contribution >= 4 is 29.4 Å². The second-order valence-corrected chi connectivity index (χ2v) is 6.89. The molecule has 1 saturated carbocycles. The van der Waals surface area contributed by atoms with Crippen LogP contribution in [0.1, 0.15) is 32.1 Å². The minimum Gasteiger partial charge on any atom is -0.363 e. The Morgan fingerprint density at radius 3 is 2.29 bits per heavy atom. The van der Waals surface area contributed by atoms with Crippen molar-refractivity contribution in [2.45, 2.75) is 50.4 Å². The highest BCUT2D eigenvalue weighted by Gasteiger charge is 2.41. The first-order chi connectivity index (χ1) is 13.0. The van der Waals surface area contributed by atoms with Crippen molar-refractivity contribution in [3.63, 3.8) is 0 Å². The Labute approximate surface area is 158 Å². The van der Waals surface area contributed by atoms with Crippen LogP contribution in [0.25, 0.3) is 0 Å². The number of amides is 4. The van der Waals surface area contributed by atoms with E-state index < -0.39 is 54.2 Å². The molecule has 9 nitrogen and oxygen atoms in total. The second kappa shape index (κ2) is 8.57. The molecule has 2 aliphatic rings. The lowest BCUT2D eigenvalue weighted by Crippen LogP contribution is -2.54. The summed E-state index contributed by atoms with van der Waals surface area (Å²) in [5, 5.41) is 3.90. The van der Waals surface area contributed by atoms with E-state index in [2.05, 4.69) is 5.32 Å². The minimum atomic E-state index is -5.12. The van der Waals surface area contributed by atoms with E-state index in [1.165, 1.54) is 5.32 Å². The van der Waals surface area contributed by atoms with Gasteiger partial charge in [0, 0.05) is 6.54 Å². The van der Waals surface area contributed by atoms with Crippen LogP contribution in [0.2, 0.25) is 0 Å². The maximum Gasteiger partial charge on any atom is 0.471 e. The van der Waals surface area contributed by atoms with Gasteiger partial charge < -0.3 is 21.3 Å². The fourth-order valence-corrected chi connectivity index (χ4v) is 3.05. The van der Waals surface area contributed by atoms with E-state index in [1.54, 1.807) is 0 Å². The third kappa shape index (κ3) is 5.67. The third-order valence-corrected chi connectivity index (χ3v) is 4.68. The van der Waals surface area contributed by atoms with Gasteiger partial charge in [0.15, 0.2) is 0 Å². The summed E-state index contributed by atoms with van der Waals surface area (Å²) in [7, 11) is 0. The zero-order valence-electron chi connectivity index (χ0n) is 14.9. The summed E-state index contributed by atoms with van der Waals surface area (Å²) in [5.41, 5.74) is 5.00. The van der Waals surface area contributed by atoms with Gasteiger partial charge in [-0.15, -0.1) is 0 Å². The molecular formula is C16H21F3N4O5. The van der Waals surface area contributed by atoms with E-state index in [4.69, 9.17) is 5.73 Å². The molecule has 1 aliphatic heterocycles. The topological polar surface area (TPSA) is 139 Å². The van der Waals surface area contributed by atoms with Crippen LogP contribution in [0.5, 0.6) is 0 Å².